The normalized spacial score (nSPS) is 10.9. The fourth-order valence-corrected chi connectivity index (χ4v) is 5.53. The Balaban J connectivity index is 5.58. The Labute approximate surface area is 232 Å². The van der Waals surface area contributed by atoms with Gasteiger partial charge in [0, 0.05) is 92.5 Å². The van der Waals surface area contributed by atoms with Gasteiger partial charge >= 0.3 is 0 Å². The molecule has 0 amide bonds. The van der Waals surface area contributed by atoms with Gasteiger partial charge in [-0.15, -0.1) is 0 Å². The third kappa shape index (κ3) is 12.9. The average Bonchev–Trinajstić information content (AvgIpc) is 2.72. The predicted octanol–water partition coefficient (Wildman–Crippen LogP) is 3.85. The van der Waals surface area contributed by atoms with Gasteiger partial charge in [0.2, 0.25) is 0 Å². The first-order valence-electron chi connectivity index (χ1n) is 9.89. The van der Waals surface area contributed by atoms with Crippen molar-refractivity contribution in [1.82, 2.24) is 14.7 Å². The molecule has 0 aliphatic rings. The number of thiol groups is 6. The van der Waals surface area contributed by atoms with Gasteiger partial charge in [0.1, 0.15) is 0 Å². The fourth-order valence-electron chi connectivity index (χ4n) is 2.96. The predicted molar refractivity (Wildman–Crippen MR) is 168 cm³/mol. The summed E-state index contributed by atoms with van der Waals surface area (Å²) < 4.78 is 0. The van der Waals surface area contributed by atoms with Gasteiger partial charge in [-0.2, -0.15) is 75.8 Å². The molecule has 0 aliphatic carbocycles. The van der Waals surface area contributed by atoms with Gasteiger partial charge < -0.3 is 14.7 Å². The molecule has 0 aromatic rings. The molecule has 0 heterocycles. The van der Waals surface area contributed by atoms with Gasteiger partial charge in [-0.05, 0) is 0 Å². The quantitative estimate of drug-likeness (QED) is 0.114. The highest BCUT2D eigenvalue weighted by molar-refractivity contribution is 7.82. The molecular formula is C18H35N3S9. The van der Waals surface area contributed by atoms with Crippen molar-refractivity contribution < 1.29 is 0 Å². The van der Waals surface area contributed by atoms with Crippen LogP contribution in [-0.2, 0) is 0 Å². The molecule has 0 saturated carbocycles. The van der Waals surface area contributed by atoms with Crippen LogP contribution >= 0.6 is 112 Å². The molecule has 0 atom stereocenters. The molecule has 0 aliphatic heterocycles. The molecular weight excluding hydrogens is 547 g/mol. The fraction of sp³-hybridized carbons (Fsp3) is 0.833. The van der Waals surface area contributed by atoms with Crippen molar-refractivity contribution in [1.29, 1.82) is 0 Å². The van der Waals surface area contributed by atoms with E-state index in [1.54, 1.807) is 0 Å². The average molecular weight is 582 g/mol. The van der Waals surface area contributed by atoms with Gasteiger partial charge in [0.15, 0.2) is 0 Å². The van der Waals surface area contributed by atoms with Crippen molar-refractivity contribution in [2.24, 2.45) is 5.92 Å². The Morgan fingerprint density at radius 1 is 0.500 bits per heavy atom. The number of rotatable bonds is 17. The van der Waals surface area contributed by atoms with Gasteiger partial charge in [-0.3, -0.25) is 0 Å². The minimum atomic E-state index is 0.0458. The Morgan fingerprint density at radius 2 is 0.767 bits per heavy atom. The molecule has 176 valence electrons. The molecule has 0 radical (unpaired) electrons. The van der Waals surface area contributed by atoms with Crippen LogP contribution < -0.4 is 0 Å². The van der Waals surface area contributed by atoms with Crippen LogP contribution in [-0.4, -0.2) is 103 Å². The highest BCUT2D eigenvalue weighted by Gasteiger charge is 2.26. The van der Waals surface area contributed by atoms with Crippen molar-refractivity contribution in [3.63, 3.8) is 0 Å². The molecule has 0 bridgehead atoms. The zero-order chi connectivity index (χ0) is 22.9. The Bertz CT molecular complexity index is 459. The van der Waals surface area contributed by atoms with Crippen molar-refractivity contribution in [3.05, 3.63) is 0 Å². The molecule has 0 spiro atoms. The summed E-state index contributed by atoms with van der Waals surface area (Å²) in [5.74, 6) is 4.47. The topological polar surface area (TPSA) is 9.72 Å². The molecule has 0 rings (SSSR count). The van der Waals surface area contributed by atoms with Gasteiger partial charge in [-0.1, -0.05) is 36.7 Å². The lowest BCUT2D eigenvalue weighted by Gasteiger charge is -2.34. The maximum Gasteiger partial charge on any atom is 0.0819 e. The van der Waals surface area contributed by atoms with Gasteiger partial charge in [0.25, 0.3) is 0 Å². The van der Waals surface area contributed by atoms with E-state index in [1.165, 1.54) is 0 Å². The summed E-state index contributed by atoms with van der Waals surface area (Å²) in [6, 6.07) is 0. The monoisotopic (exact) mass is 581 g/mol. The molecule has 12 heteroatoms. The first-order valence-corrected chi connectivity index (χ1v) is 14.9. The van der Waals surface area contributed by atoms with Crippen molar-refractivity contribution >= 4 is 127 Å². The summed E-state index contributed by atoms with van der Waals surface area (Å²) in [5, 5.41) is 0. The van der Waals surface area contributed by atoms with Crippen LogP contribution in [0.2, 0.25) is 0 Å². The summed E-state index contributed by atoms with van der Waals surface area (Å²) in [5.41, 5.74) is 0. The van der Waals surface area contributed by atoms with Gasteiger partial charge in [0.05, 0.1) is 15.0 Å². The second-order valence-corrected chi connectivity index (χ2v) is 10.6. The molecule has 3 nitrogen and oxygen atoms in total. The molecule has 0 fully saturated rings. The molecule has 30 heavy (non-hydrogen) atoms. The van der Waals surface area contributed by atoms with Crippen LogP contribution in [0.1, 0.15) is 12.8 Å². The van der Waals surface area contributed by atoms with E-state index in [4.69, 9.17) is 36.7 Å². The summed E-state index contributed by atoms with van der Waals surface area (Å²) in [6.45, 7) is 4.77. The molecule has 0 aromatic heterocycles. The smallest absolute Gasteiger partial charge is 0.0819 e. The van der Waals surface area contributed by atoms with E-state index >= 15 is 0 Å². The van der Waals surface area contributed by atoms with E-state index < -0.39 is 0 Å². The lowest BCUT2D eigenvalue weighted by atomic mass is 9.99. The maximum atomic E-state index is 5.94. The maximum absolute atomic E-state index is 5.94. The van der Waals surface area contributed by atoms with Crippen LogP contribution in [0.25, 0.3) is 0 Å². The number of thiocarbonyl (C=S) groups is 3. The summed E-state index contributed by atoms with van der Waals surface area (Å²) >= 11 is 43.9. The van der Waals surface area contributed by atoms with Crippen molar-refractivity contribution in [2.45, 2.75) is 12.8 Å². The highest BCUT2D eigenvalue weighted by atomic mass is 32.1. The van der Waals surface area contributed by atoms with Crippen LogP contribution in [0.3, 0.4) is 0 Å². The number of hydrogen-bond acceptors (Lipinski definition) is 9. The zero-order valence-electron chi connectivity index (χ0n) is 17.2. The highest BCUT2D eigenvalue weighted by Crippen LogP contribution is 2.20. The third-order valence-corrected chi connectivity index (χ3v) is 7.07. The van der Waals surface area contributed by atoms with Crippen molar-refractivity contribution in [2.75, 3.05) is 73.8 Å². The number of nitrogens with zero attached hydrogens (tertiary/aromatic N) is 3. The van der Waals surface area contributed by atoms with E-state index in [0.29, 0.717) is 12.8 Å². The largest absolute Gasteiger partial charge is 0.365 e. The van der Waals surface area contributed by atoms with E-state index in [1.807, 2.05) is 0 Å². The minimum Gasteiger partial charge on any atom is -0.365 e. The molecule has 0 N–H and O–H groups in total. The minimum absolute atomic E-state index is 0.0458. The Morgan fingerprint density at radius 3 is 1.03 bits per heavy atom. The van der Waals surface area contributed by atoms with Gasteiger partial charge in [-0.25, -0.2) is 0 Å². The Hall–Kier alpha value is 1.77. The summed E-state index contributed by atoms with van der Waals surface area (Å²) in [4.78, 5) is 9.20. The molecule has 0 saturated heterocycles. The molecule has 0 unspecified atom stereocenters. The number of hydrogen-bond donors (Lipinski definition) is 6. The lowest BCUT2D eigenvalue weighted by Crippen LogP contribution is -2.43. The first-order chi connectivity index (χ1) is 14.4. The Kier molecular flexibility index (Phi) is 21.4. The van der Waals surface area contributed by atoms with E-state index in [0.717, 1.165) is 88.8 Å². The summed E-state index contributed by atoms with van der Waals surface area (Å²) in [7, 11) is 0. The SMILES string of the molecule is S=C(CC(CC(=S)N(CCS)CCS)C(=S)N(CCS)CCS)N(CCS)CCS. The van der Waals surface area contributed by atoms with Crippen LogP contribution in [0.4, 0.5) is 0 Å². The van der Waals surface area contributed by atoms with E-state index in [9.17, 15) is 0 Å². The summed E-state index contributed by atoms with van der Waals surface area (Å²) in [6.07, 6.45) is 1.36. The zero-order valence-corrected chi connectivity index (χ0v) is 25.0. The standard InChI is InChI=1S/C18H35N3S9/c22-7-1-19(2-8-23)16(28)13-15(18(30)21(5-11-26)6-12-27)14-17(29)20(3-9-24)4-10-25/h15,22-27H,1-14H2. The second-order valence-electron chi connectivity index (χ2n) is 6.53. The van der Waals surface area contributed by atoms with Crippen LogP contribution in [0, 0.1) is 5.92 Å². The first kappa shape index (κ1) is 31.8. The lowest BCUT2D eigenvalue weighted by molar-refractivity contribution is 0.427. The van der Waals surface area contributed by atoms with Crippen molar-refractivity contribution in [3.8, 4) is 0 Å². The van der Waals surface area contributed by atoms with E-state index in [2.05, 4.69) is 90.5 Å². The molecule has 0 aromatic carbocycles. The third-order valence-electron chi connectivity index (χ3n) is 4.43. The van der Waals surface area contributed by atoms with E-state index in [-0.39, 0.29) is 5.92 Å². The second kappa shape index (κ2) is 20.2. The van der Waals surface area contributed by atoms with Crippen LogP contribution in [0.5, 0.6) is 0 Å². The van der Waals surface area contributed by atoms with Crippen LogP contribution in [0.15, 0.2) is 0 Å².